The van der Waals surface area contributed by atoms with Gasteiger partial charge in [-0.25, -0.2) is 0 Å². The third-order valence-electron chi connectivity index (χ3n) is 2.59. The summed E-state index contributed by atoms with van der Waals surface area (Å²) in [4.78, 5) is 0. The van der Waals surface area contributed by atoms with Crippen molar-refractivity contribution >= 4 is 33.7 Å². The SMILES string of the molecule is Nc1cc2cc3oc(NCCO)cc3cc2o1. The van der Waals surface area contributed by atoms with Gasteiger partial charge in [0.05, 0.1) is 6.61 Å². The van der Waals surface area contributed by atoms with Gasteiger partial charge < -0.3 is 25.0 Å². The lowest BCUT2D eigenvalue weighted by Crippen LogP contribution is -2.03. The summed E-state index contributed by atoms with van der Waals surface area (Å²) in [5.74, 6) is 1.03. The Morgan fingerprint density at radius 1 is 1.06 bits per heavy atom. The smallest absolute Gasteiger partial charge is 0.194 e. The minimum atomic E-state index is 0.0654. The van der Waals surface area contributed by atoms with Crippen molar-refractivity contribution in [1.29, 1.82) is 0 Å². The van der Waals surface area contributed by atoms with Crippen molar-refractivity contribution in [2.75, 3.05) is 24.2 Å². The van der Waals surface area contributed by atoms with E-state index in [1.807, 2.05) is 18.2 Å². The monoisotopic (exact) mass is 232 g/mol. The Kier molecular flexibility index (Phi) is 2.19. The molecule has 1 aromatic carbocycles. The minimum Gasteiger partial charge on any atom is -0.441 e. The number of nitrogens with one attached hydrogen (secondary N) is 1. The van der Waals surface area contributed by atoms with Crippen LogP contribution < -0.4 is 11.1 Å². The van der Waals surface area contributed by atoms with E-state index in [1.54, 1.807) is 6.07 Å². The third kappa shape index (κ3) is 1.70. The molecule has 3 aromatic rings. The summed E-state index contributed by atoms with van der Waals surface area (Å²) in [7, 11) is 0. The van der Waals surface area contributed by atoms with Crippen LogP contribution in [0.2, 0.25) is 0 Å². The fourth-order valence-electron chi connectivity index (χ4n) is 1.86. The Labute approximate surface area is 96.8 Å². The first kappa shape index (κ1) is 10.0. The molecule has 17 heavy (non-hydrogen) atoms. The van der Waals surface area contributed by atoms with Gasteiger partial charge in [0.2, 0.25) is 0 Å². The van der Waals surface area contributed by atoms with Crippen LogP contribution in [0.15, 0.2) is 33.1 Å². The van der Waals surface area contributed by atoms with Crippen molar-refractivity contribution in [3.8, 4) is 0 Å². The number of aliphatic hydroxyl groups excluding tert-OH is 1. The molecule has 0 atom stereocenters. The number of rotatable bonds is 3. The molecule has 5 nitrogen and oxygen atoms in total. The number of aliphatic hydroxyl groups is 1. The highest BCUT2D eigenvalue weighted by atomic mass is 16.4. The number of anilines is 2. The van der Waals surface area contributed by atoms with Gasteiger partial charge in [0.1, 0.15) is 11.2 Å². The molecule has 0 radical (unpaired) electrons. The molecule has 2 heterocycles. The lowest BCUT2D eigenvalue weighted by atomic mass is 10.2. The number of furan rings is 2. The van der Waals surface area contributed by atoms with Gasteiger partial charge in [0.25, 0.3) is 0 Å². The summed E-state index contributed by atoms with van der Waals surface area (Å²) >= 11 is 0. The van der Waals surface area contributed by atoms with Crippen molar-refractivity contribution in [1.82, 2.24) is 0 Å². The molecule has 0 spiro atoms. The summed E-state index contributed by atoms with van der Waals surface area (Å²) in [6, 6.07) is 7.39. The average Bonchev–Trinajstić information content (AvgIpc) is 2.83. The maximum Gasteiger partial charge on any atom is 0.194 e. The molecular formula is C12H12N2O3. The third-order valence-corrected chi connectivity index (χ3v) is 2.59. The normalized spacial score (nSPS) is 11.4. The maximum atomic E-state index is 8.72. The molecule has 4 N–H and O–H groups in total. The molecular weight excluding hydrogens is 220 g/mol. The fraction of sp³-hybridized carbons (Fsp3) is 0.167. The summed E-state index contributed by atoms with van der Waals surface area (Å²) in [5, 5.41) is 13.5. The van der Waals surface area contributed by atoms with E-state index in [4.69, 9.17) is 19.7 Å². The number of hydrogen-bond acceptors (Lipinski definition) is 5. The minimum absolute atomic E-state index is 0.0654. The highest BCUT2D eigenvalue weighted by Crippen LogP contribution is 2.30. The van der Waals surface area contributed by atoms with Crippen molar-refractivity contribution in [2.24, 2.45) is 0 Å². The van der Waals surface area contributed by atoms with Crippen LogP contribution in [0.1, 0.15) is 0 Å². The van der Waals surface area contributed by atoms with Gasteiger partial charge >= 0.3 is 0 Å². The molecule has 5 heteroatoms. The second-order valence-corrected chi connectivity index (χ2v) is 3.84. The molecule has 0 fully saturated rings. The topological polar surface area (TPSA) is 84.6 Å². The fourth-order valence-corrected chi connectivity index (χ4v) is 1.86. The Morgan fingerprint density at radius 2 is 1.76 bits per heavy atom. The molecule has 0 aliphatic carbocycles. The van der Waals surface area contributed by atoms with Crippen LogP contribution in [-0.4, -0.2) is 18.3 Å². The van der Waals surface area contributed by atoms with Crippen LogP contribution in [-0.2, 0) is 0 Å². The van der Waals surface area contributed by atoms with Crippen molar-refractivity contribution in [3.63, 3.8) is 0 Å². The van der Waals surface area contributed by atoms with E-state index >= 15 is 0 Å². The van der Waals surface area contributed by atoms with Gasteiger partial charge in [-0.3, -0.25) is 0 Å². The van der Waals surface area contributed by atoms with Crippen LogP contribution in [0, 0.1) is 0 Å². The van der Waals surface area contributed by atoms with E-state index in [-0.39, 0.29) is 6.61 Å². The van der Waals surface area contributed by atoms with E-state index in [9.17, 15) is 0 Å². The standard InChI is InChI=1S/C12H12N2O3/c13-11-5-7-3-10-8(4-9(7)16-11)6-12(17-10)14-1-2-15/h3-6,14-15H,1-2,13H2. The van der Waals surface area contributed by atoms with Crippen LogP contribution in [0.5, 0.6) is 0 Å². The zero-order chi connectivity index (χ0) is 11.8. The van der Waals surface area contributed by atoms with E-state index in [1.165, 1.54) is 0 Å². The number of nitrogens with two attached hydrogens (primary N) is 1. The summed E-state index contributed by atoms with van der Waals surface area (Å²) in [6.07, 6.45) is 0. The molecule has 2 aromatic heterocycles. The number of fused-ring (bicyclic) bond motifs is 2. The second-order valence-electron chi connectivity index (χ2n) is 3.84. The van der Waals surface area contributed by atoms with Crippen LogP contribution in [0.25, 0.3) is 21.9 Å². The van der Waals surface area contributed by atoms with Gasteiger partial charge in [-0.05, 0) is 12.1 Å². The largest absolute Gasteiger partial charge is 0.441 e. The van der Waals surface area contributed by atoms with Crippen LogP contribution in [0.3, 0.4) is 0 Å². The molecule has 3 rings (SSSR count). The van der Waals surface area contributed by atoms with E-state index in [0.29, 0.717) is 18.3 Å². The van der Waals surface area contributed by atoms with Gasteiger partial charge in [-0.1, -0.05) is 0 Å². The molecule has 0 aliphatic heterocycles. The summed E-state index contributed by atoms with van der Waals surface area (Å²) in [5.41, 5.74) is 7.08. The van der Waals surface area contributed by atoms with Gasteiger partial charge in [-0.15, -0.1) is 0 Å². The summed E-state index contributed by atoms with van der Waals surface area (Å²) in [6.45, 7) is 0.527. The molecule has 0 saturated carbocycles. The predicted molar refractivity (Wildman–Crippen MR) is 66.0 cm³/mol. The summed E-state index contributed by atoms with van der Waals surface area (Å²) < 4.78 is 10.9. The lowest BCUT2D eigenvalue weighted by Gasteiger charge is -1.96. The molecule has 0 amide bonds. The van der Waals surface area contributed by atoms with Gasteiger partial charge in [0, 0.05) is 29.4 Å². The number of nitrogen functional groups attached to an aromatic ring is 1. The zero-order valence-corrected chi connectivity index (χ0v) is 9.06. The van der Waals surface area contributed by atoms with Gasteiger partial charge in [-0.2, -0.15) is 0 Å². The number of hydrogen-bond donors (Lipinski definition) is 3. The first-order chi connectivity index (χ1) is 8.26. The van der Waals surface area contributed by atoms with Crippen molar-refractivity contribution in [2.45, 2.75) is 0 Å². The van der Waals surface area contributed by atoms with Crippen LogP contribution in [0.4, 0.5) is 11.8 Å². The Hall–Kier alpha value is -2.14. The zero-order valence-electron chi connectivity index (χ0n) is 9.06. The Bertz CT molecular complexity index is 618. The first-order valence-corrected chi connectivity index (χ1v) is 5.33. The van der Waals surface area contributed by atoms with Crippen molar-refractivity contribution in [3.05, 3.63) is 24.3 Å². The molecule has 88 valence electrons. The molecule has 0 aliphatic rings. The van der Waals surface area contributed by atoms with Gasteiger partial charge in [0.15, 0.2) is 11.8 Å². The molecule has 0 bridgehead atoms. The average molecular weight is 232 g/mol. The van der Waals surface area contributed by atoms with Crippen molar-refractivity contribution < 1.29 is 13.9 Å². The van der Waals surface area contributed by atoms with E-state index in [2.05, 4.69) is 5.32 Å². The second kappa shape index (κ2) is 3.71. The Morgan fingerprint density at radius 3 is 2.53 bits per heavy atom. The van der Waals surface area contributed by atoms with E-state index in [0.717, 1.165) is 21.9 Å². The highest BCUT2D eigenvalue weighted by molar-refractivity contribution is 5.95. The predicted octanol–water partition coefficient (Wildman–Crippen LogP) is 2.17. The number of benzene rings is 1. The van der Waals surface area contributed by atoms with Crippen LogP contribution >= 0.6 is 0 Å². The highest BCUT2D eigenvalue weighted by Gasteiger charge is 2.08. The van der Waals surface area contributed by atoms with E-state index < -0.39 is 0 Å². The quantitative estimate of drug-likeness (QED) is 0.644. The maximum absolute atomic E-state index is 8.72. The molecule has 0 saturated heterocycles. The molecule has 0 unspecified atom stereocenters. The lowest BCUT2D eigenvalue weighted by molar-refractivity contribution is 0.310. The Balaban J connectivity index is 2.09. The first-order valence-electron chi connectivity index (χ1n) is 5.33.